The molecule has 23 heavy (non-hydrogen) atoms. The van der Waals surface area contributed by atoms with Crippen LogP contribution in [-0.4, -0.2) is 18.4 Å². The molecule has 0 radical (unpaired) electrons. The molecule has 1 saturated heterocycles. The highest BCUT2D eigenvalue weighted by Gasteiger charge is 2.22. The summed E-state index contributed by atoms with van der Waals surface area (Å²) < 4.78 is 5.27. The lowest BCUT2D eigenvalue weighted by atomic mass is 10.2. The number of rotatable bonds is 3. The summed E-state index contributed by atoms with van der Waals surface area (Å²) in [6.07, 6.45) is 1.42. The number of nitriles is 1. The lowest BCUT2D eigenvalue weighted by Gasteiger charge is -2.15. The summed E-state index contributed by atoms with van der Waals surface area (Å²) in [6, 6.07) is 15.3. The van der Waals surface area contributed by atoms with E-state index in [4.69, 9.17) is 10.00 Å². The van der Waals surface area contributed by atoms with Gasteiger partial charge >= 0.3 is 5.97 Å². The Morgan fingerprint density at radius 1 is 1.13 bits per heavy atom. The SMILES string of the molecule is N#Cc1ccccc1OC(=O)c1ccc(N2CCCC2=O)cc1. The van der Waals surface area contributed by atoms with Gasteiger partial charge in [0.1, 0.15) is 11.8 Å². The van der Waals surface area contributed by atoms with Gasteiger partial charge in [-0.25, -0.2) is 4.79 Å². The van der Waals surface area contributed by atoms with Crippen molar-refractivity contribution in [3.63, 3.8) is 0 Å². The summed E-state index contributed by atoms with van der Waals surface area (Å²) in [6.45, 7) is 0.707. The molecule has 0 saturated carbocycles. The minimum Gasteiger partial charge on any atom is -0.422 e. The van der Waals surface area contributed by atoms with Gasteiger partial charge in [-0.2, -0.15) is 5.26 Å². The van der Waals surface area contributed by atoms with Crippen molar-refractivity contribution in [2.45, 2.75) is 12.8 Å². The number of carbonyl (C=O) groups excluding carboxylic acids is 2. The molecule has 114 valence electrons. The van der Waals surface area contributed by atoms with Crippen molar-refractivity contribution in [2.24, 2.45) is 0 Å². The number of ether oxygens (including phenoxy) is 1. The maximum absolute atomic E-state index is 12.2. The zero-order chi connectivity index (χ0) is 16.2. The molecular weight excluding hydrogens is 292 g/mol. The number of hydrogen-bond acceptors (Lipinski definition) is 4. The summed E-state index contributed by atoms with van der Waals surface area (Å²) in [7, 11) is 0. The quantitative estimate of drug-likeness (QED) is 0.646. The second-order valence-electron chi connectivity index (χ2n) is 5.19. The van der Waals surface area contributed by atoms with Gasteiger partial charge in [0.25, 0.3) is 0 Å². The Labute approximate surface area is 133 Å². The predicted molar refractivity (Wildman–Crippen MR) is 84.1 cm³/mol. The Morgan fingerprint density at radius 3 is 2.52 bits per heavy atom. The highest BCUT2D eigenvalue weighted by Crippen LogP contribution is 2.23. The highest BCUT2D eigenvalue weighted by atomic mass is 16.5. The number of nitrogens with zero attached hydrogens (tertiary/aromatic N) is 2. The van der Waals surface area contributed by atoms with Crippen LogP contribution in [0, 0.1) is 11.3 Å². The molecule has 0 spiro atoms. The molecule has 5 heteroatoms. The standard InChI is InChI=1S/C18H14N2O3/c19-12-14-4-1-2-5-16(14)23-18(22)13-7-9-15(10-8-13)20-11-3-6-17(20)21/h1-2,4-5,7-10H,3,6,11H2. The molecule has 0 atom stereocenters. The van der Waals surface area contributed by atoms with Crippen LogP contribution < -0.4 is 9.64 Å². The summed E-state index contributed by atoms with van der Waals surface area (Å²) >= 11 is 0. The van der Waals surface area contributed by atoms with Crippen LogP contribution in [0.15, 0.2) is 48.5 Å². The van der Waals surface area contributed by atoms with Crippen LogP contribution in [0.2, 0.25) is 0 Å². The Morgan fingerprint density at radius 2 is 1.87 bits per heavy atom. The number of esters is 1. The predicted octanol–water partition coefficient (Wildman–Crippen LogP) is 2.90. The molecular formula is C18H14N2O3. The third kappa shape index (κ3) is 3.06. The molecule has 1 heterocycles. The van der Waals surface area contributed by atoms with Crippen LogP contribution in [-0.2, 0) is 4.79 Å². The largest absolute Gasteiger partial charge is 0.422 e. The van der Waals surface area contributed by atoms with E-state index in [-0.39, 0.29) is 11.7 Å². The van der Waals surface area contributed by atoms with Crippen molar-refractivity contribution in [3.8, 4) is 11.8 Å². The molecule has 0 aliphatic carbocycles. The summed E-state index contributed by atoms with van der Waals surface area (Å²) in [5.41, 5.74) is 1.45. The van der Waals surface area contributed by atoms with Crippen molar-refractivity contribution in [2.75, 3.05) is 11.4 Å². The van der Waals surface area contributed by atoms with Crippen LogP contribution in [0.3, 0.4) is 0 Å². The van der Waals surface area contributed by atoms with Crippen LogP contribution >= 0.6 is 0 Å². The lowest BCUT2D eigenvalue weighted by Crippen LogP contribution is -2.23. The van der Waals surface area contributed by atoms with Crippen LogP contribution in [0.4, 0.5) is 5.69 Å². The second kappa shape index (κ2) is 6.32. The molecule has 0 aromatic heterocycles. The van der Waals surface area contributed by atoms with E-state index in [1.807, 2.05) is 6.07 Å². The number of benzene rings is 2. The van der Waals surface area contributed by atoms with Crippen molar-refractivity contribution >= 4 is 17.6 Å². The molecule has 0 unspecified atom stereocenters. The fourth-order valence-electron chi connectivity index (χ4n) is 2.51. The van der Waals surface area contributed by atoms with E-state index in [1.165, 1.54) is 0 Å². The number of anilines is 1. The first-order valence-electron chi connectivity index (χ1n) is 7.31. The van der Waals surface area contributed by atoms with E-state index in [0.29, 0.717) is 24.1 Å². The topological polar surface area (TPSA) is 70.4 Å². The first-order valence-corrected chi connectivity index (χ1v) is 7.31. The van der Waals surface area contributed by atoms with Crippen LogP contribution in [0.1, 0.15) is 28.8 Å². The smallest absolute Gasteiger partial charge is 0.343 e. The molecule has 1 fully saturated rings. The molecule has 0 bridgehead atoms. The van der Waals surface area contributed by atoms with Crippen molar-refractivity contribution in [3.05, 3.63) is 59.7 Å². The van der Waals surface area contributed by atoms with Gasteiger partial charge in [0.15, 0.2) is 0 Å². The Kier molecular flexibility index (Phi) is 4.07. The van der Waals surface area contributed by atoms with E-state index >= 15 is 0 Å². The van der Waals surface area contributed by atoms with Crippen molar-refractivity contribution in [1.29, 1.82) is 5.26 Å². The minimum absolute atomic E-state index is 0.100. The first-order chi connectivity index (χ1) is 11.2. The van der Waals surface area contributed by atoms with E-state index in [0.717, 1.165) is 12.1 Å². The number of amides is 1. The zero-order valence-corrected chi connectivity index (χ0v) is 12.4. The minimum atomic E-state index is -0.535. The Balaban J connectivity index is 1.75. The average Bonchev–Trinajstić information content (AvgIpc) is 3.01. The highest BCUT2D eigenvalue weighted by molar-refractivity contribution is 5.96. The van der Waals surface area contributed by atoms with Gasteiger partial charge in [-0.1, -0.05) is 12.1 Å². The number of carbonyl (C=O) groups is 2. The average molecular weight is 306 g/mol. The van der Waals surface area contributed by atoms with Crippen LogP contribution in [0.5, 0.6) is 5.75 Å². The van der Waals surface area contributed by atoms with Gasteiger partial charge in [-0.05, 0) is 42.8 Å². The van der Waals surface area contributed by atoms with Gasteiger partial charge in [0.05, 0.1) is 11.1 Å². The summed E-state index contributed by atoms with van der Waals surface area (Å²) in [5.74, 6) is -0.200. The van der Waals surface area contributed by atoms with E-state index < -0.39 is 5.97 Å². The van der Waals surface area contributed by atoms with Gasteiger partial charge < -0.3 is 9.64 Å². The molecule has 2 aromatic carbocycles. The molecule has 5 nitrogen and oxygen atoms in total. The van der Waals surface area contributed by atoms with Gasteiger partial charge in [0.2, 0.25) is 5.91 Å². The molecule has 1 amide bonds. The molecule has 1 aliphatic heterocycles. The molecule has 0 N–H and O–H groups in total. The van der Waals surface area contributed by atoms with Gasteiger partial charge in [-0.3, -0.25) is 4.79 Å². The molecule has 2 aromatic rings. The maximum Gasteiger partial charge on any atom is 0.343 e. The summed E-state index contributed by atoms with van der Waals surface area (Å²) in [5, 5.41) is 9.01. The second-order valence-corrected chi connectivity index (χ2v) is 5.19. The Bertz CT molecular complexity index is 791. The molecule has 1 aliphatic rings. The third-order valence-corrected chi connectivity index (χ3v) is 3.70. The number of para-hydroxylation sites is 1. The third-order valence-electron chi connectivity index (χ3n) is 3.70. The first kappa shape index (κ1) is 14.8. The zero-order valence-electron chi connectivity index (χ0n) is 12.4. The number of hydrogen-bond donors (Lipinski definition) is 0. The monoisotopic (exact) mass is 306 g/mol. The lowest BCUT2D eigenvalue weighted by molar-refractivity contribution is -0.117. The fourth-order valence-corrected chi connectivity index (χ4v) is 2.51. The van der Waals surface area contributed by atoms with Crippen LogP contribution in [0.25, 0.3) is 0 Å². The van der Waals surface area contributed by atoms with Gasteiger partial charge in [0, 0.05) is 18.7 Å². The normalized spacial score (nSPS) is 13.7. The van der Waals surface area contributed by atoms with Gasteiger partial charge in [-0.15, -0.1) is 0 Å². The van der Waals surface area contributed by atoms with Crippen molar-refractivity contribution < 1.29 is 14.3 Å². The Hall–Kier alpha value is -3.13. The van der Waals surface area contributed by atoms with E-state index in [2.05, 4.69) is 0 Å². The molecule has 3 rings (SSSR count). The van der Waals surface area contributed by atoms with E-state index in [1.54, 1.807) is 53.4 Å². The fraction of sp³-hybridized carbons (Fsp3) is 0.167. The summed E-state index contributed by atoms with van der Waals surface area (Å²) in [4.78, 5) is 25.6. The van der Waals surface area contributed by atoms with E-state index in [9.17, 15) is 9.59 Å². The van der Waals surface area contributed by atoms with Crippen molar-refractivity contribution in [1.82, 2.24) is 0 Å². The maximum atomic E-state index is 12.2.